The smallest absolute Gasteiger partial charge is 0.271 e. The molecule has 3 aliphatic carbocycles. The molecule has 3 heterocycles. The van der Waals surface area contributed by atoms with Crippen molar-refractivity contribution in [3.05, 3.63) is 11.9 Å². The van der Waals surface area contributed by atoms with Gasteiger partial charge in [0.2, 0.25) is 0 Å². The van der Waals surface area contributed by atoms with Crippen LogP contribution in [0.15, 0.2) is 27.0 Å². The molecular weight excluding hydrogens is 472 g/mol. The first kappa shape index (κ1) is 23.0. The van der Waals surface area contributed by atoms with Gasteiger partial charge >= 0.3 is 0 Å². The Balaban J connectivity index is 1.24. The molecule has 13 heteroatoms. The summed E-state index contributed by atoms with van der Waals surface area (Å²) >= 11 is 0. The van der Waals surface area contributed by atoms with Crippen molar-refractivity contribution >= 4 is 23.8 Å². The third-order valence-corrected chi connectivity index (χ3v) is 8.18. The Hall–Kier alpha value is -2.38. The van der Waals surface area contributed by atoms with Crippen LogP contribution in [-0.4, -0.2) is 88.0 Å². The lowest BCUT2D eigenvalue weighted by molar-refractivity contribution is -0.127. The van der Waals surface area contributed by atoms with Gasteiger partial charge in [0.15, 0.2) is 0 Å². The van der Waals surface area contributed by atoms with Crippen molar-refractivity contribution < 1.29 is 32.6 Å². The molecule has 3 fully saturated rings. The number of amidine groups is 1. The monoisotopic (exact) mass is 498 g/mol. The van der Waals surface area contributed by atoms with Gasteiger partial charge < -0.3 is 15.1 Å². The topological polar surface area (TPSA) is 122 Å². The molecule has 6 aliphatic rings. The van der Waals surface area contributed by atoms with Gasteiger partial charge in [-0.1, -0.05) is 0 Å². The lowest BCUT2D eigenvalue weighted by atomic mass is 9.85. The normalized spacial score (nSPS) is 45.3. The van der Waals surface area contributed by atoms with Gasteiger partial charge in [-0.3, -0.25) is 20.5 Å². The number of aliphatic hydroxyl groups excluding tert-OH is 2. The predicted octanol–water partition coefficient (Wildman–Crippen LogP) is 0.496. The third kappa shape index (κ3) is 3.78. The fourth-order valence-corrected chi connectivity index (χ4v) is 6.34. The second-order valence-electron chi connectivity index (χ2n) is 10.4. The van der Waals surface area contributed by atoms with E-state index in [0.29, 0.717) is 0 Å². The molecule has 6 rings (SSSR count). The molecule has 0 spiro atoms. The lowest BCUT2D eigenvalue weighted by Gasteiger charge is -2.34. The quantitative estimate of drug-likeness (QED) is 0.421. The van der Waals surface area contributed by atoms with Crippen LogP contribution in [0.1, 0.15) is 25.7 Å². The summed E-state index contributed by atoms with van der Waals surface area (Å²) in [5.74, 6) is -6.38. The Labute approximate surface area is 198 Å². The summed E-state index contributed by atoms with van der Waals surface area (Å²) in [6.07, 6.45) is -2.05. The molecule has 0 bridgehead atoms. The van der Waals surface area contributed by atoms with E-state index in [1.54, 1.807) is 0 Å². The molecule has 10 atom stereocenters. The number of carbonyl (C=O) groups is 1. The number of halogens is 4. The summed E-state index contributed by atoms with van der Waals surface area (Å²) in [5.41, 5.74) is 2.54. The van der Waals surface area contributed by atoms with Crippen molar-refractivity contribution in [3.8, 4) is 0 Å². The molecule has 1 amide bonds. The number of alkyl halides is 3. The standard InChI is InChI=1S/C22H26F4N6O3/c23-8-1-2-12(24)11(3-8)13-5-22(25,26)6-32(13)21(35)16-14-19(27-7-28-20(14)31-30-16)29-15-9-4-10(9)17(33)18(15)34/h2,7-11,13-15,17-19,29,33-34H,1,3-6H2,(H,27,28,31)/t8?,9-,10+,11?,13+,14?,15+,17+,18-,19?/m0/s1. The fourth-order valence-electron chi connectivity index (χ4n) is 6.34. The summed E-state index contributed by atoms with van der Waals surface area (Å²) in [7, 11) is 0. The molecule has 4 N–H and O–H groups in total. The Morgan fingerprint density at radius 1 is 1.23 bits per heavy atom. The molecule has 1 saturated heterocycles. The van der Waals surface area contributed by atoms with Crippen LogP contribution in [0.25, 0.3) is 0 Å². The second-order valence-corrected chi connectivity index (χ2v) is 10.4. The van der Waals surface area contributed by atoms with Crippen LogP contribution in [0.4, 0.5) is 17.6 Å². The van der Waals surface area contributed by atoms with Crippen molar-refractivity contribution in [2.45, 2.75) is 68.2 Å². The maximum Gasteiger partial charge on any atom is 0.271 e. The highest BCUT2D eigenvalue weighted by Crippen LogP contribution is 2.52. The summed E-state index contributed by atoms with van der Waals surface area (Å²) in [5, 5.41) is 27.8. The number of carbonyl (C=O) groups excluding carboxylic acids is 1. The van der Waals surface area contributed by atoms with E-state index in [0.717, 1.165) is 17.4 Å². The predicted molar refractivity (Wildman–Crippen MR) is 116 cm³/mol. The number of amides is 1. The van der Waals surface area contributed by atoms with Gasteiger partial charge in [-0.15, -0.1) is 0 Å². The van der Waals surface area contributed by atoms with Crippen molar-refractivity contribution in [1.82, 2.24) is 15.6 Å². The zero-order chi connectivity index (χ0) is 24.6. The van der Waals surface area contributed by atoms with E-state index in [1.807, 2.05) is 0 Å². The second kappa shape index (κ2) is 8.07. The van der Waals surface area contributed by atoms with Crippen LogP contribution < -0.4 is 10.7 Å². The molecule has 0 aromatic carbocycles. The number of hydrogen-bond acceptors (Lipinski definition) is 8. The molecule has 0 radical (unpaired) electrons. The number of allylic oxidation sites excluding steroid dienone is 1. The number of hydrazone groups is 1. The van der Waals surface area contributed by atoms with Crippen LogP contribution >= 0.6 is 0 Å². The minimum absolute atomic E-state index is 0.00467. The van der Waals surface area contributed by atoms with Crippen LogP contribution in [0.3, 0.4) is 0 Å². The minimum atomic E-state index is -3.25. The SMILES string of the molecule is O=C(C1=NNC2=NC=NC(N[C@H]3[C@H](O)[C@H](O)[C@@H]4C[C@@H]43)C21)N1CC(F)(F)C[C@@H]1C1CC(F)CC=C1F. The summed E-state index contributed by atoms with van der Waals surface area (Å²) < 4.78 is 57.6. The molecule has 35 heavy (non-hydrogen) atoms. The number of fused-ring (bicyclic) bond motifs is 2. The van der Waals surface area contributed by atoms with E-state index in [-0.39, 0.29) is 36.2 Å². The Morgan fingerprint density at radius 3 is 2.77 bits per heavy atom. The lowest BCUT2D eigenvalue weighted by Crippen LogP contribution is -2.55. The van der Waals surface area contributed by atoms with Crippen molar-refractivity contribution in [2.75, 3.05) is 6.54 Å². The van der Waals surface area contributed by atoms with Gasteiger partial charge in [-0.25, -0.2) is 22.6 Å². The van der Waals surface area contributed by atoms with E-state index in [2.05, 4.69) is 25.8 Å². The highest BCUT2D eigenvalue weighted by molar-refractivity contribution is 6.45. The zero-order valence-electron chi connectivity index (χ0n) is 18.6. The van der Waals surface area contributed by atoms with Crippen LogP contribution in [-0.2, 0) is 4.79 Å². The van der Waals surface area contributed by atoms with Crippen LogP contribution in [0.5, 0.6) is 0 Å². The van der Waals surface area contributed by atoms with Gasteiger partial charge in [-0.2, -0.15) is 5.10 Å². The van der Waals surface area contributed by atoms with Crippen molar-refractivity contribution in [1.29, 1.82) is 0 Å². The van der Waals surface area contributed by atoms with Gasteiger partial charge in [0.1, 0.15) is 42.0 Å². The first-order valence-corrected chi connectivity index (χ1v) is 11.9. The highest BCUT2D eigenvalue weighted by atomic mass is 19.3. The molecule has 3 aliphatic heterocycles. The van der Waals surface area contributed by atoms with Crippen molar-refractivity contribution in [3.63, 3.8) is 0 Å². The summed E-state index contributed by atoms with van der Waals surface area (Å²) in [6.45, 7) is -0.923. The molecular formula is C22H26F4N6O3. The van der Waals surface area contributed by atoms with E-state index < -0.39 is 79.1 Å². The van der Waals surface area contributed by atoms with Crippen molar-refractivity contribution in [2.24, 2.45) is 38.8 Å². The van der Waals surface area contributed by atoms with Crippen LogP contribution in [0, 0.1) is 23.7 Å². The molecule has 0 aromatic heterocycles. The van der Waals surface area contributed by atoms with Gasteiger partial charge in [0.05, 0.1) is 18.8 Å². The Morgan fingerprint density at radius 2 is 2.03 bits per heavy atom. The van der Waals surface area contributed by atoms with Gasteiger partial charge in [-0.05, 0) is 37.2 Å². The minimum Gasteiger partial charge on any atom is -0.390 e. The fraction of sp³-hybridized carbons (Fsp3) is 0.727. The number of aliphatic hydroxyl groups is 2. The maximum atomic E-state index is 14.6. The molecule has 0 aromatic rings. The highest BCUT2D eigenvalue weighted by Gasteiger charge is 2.60. The first-order chi connectivity index (χ1) is 16.6. The Kier molecular flexibility index (Phi) is 5.31. The number of aliphatic imine (C=N–C) groups is 2. The molecule has 190 valence electrons. The first-order valence-electron chi connectivity index (χ1n) is 11.9. The van der Waals surface area contributed by atoms with E-state index in [9.17, 15) is 32.6 Å². The number of hydrogen-bond donors (Lipinski definition) is 4. The molecule has 9 nitrogen and oxygen atoms in total. The largest absolute Gasteiger partial charge is 0.390 e. The maximum absolute atomic E-state index is 14.6. The average Bonchev–Trinajstić information content (AvgIpc) is 3.28. The van der Waals surface area contributed by atoms with Gasteiger partial charge in [0, 0.05) is 24.4 Å². The summed E-state index contributed by atoms with van der Waals surface area (Å²) in [4.78, 5) is 22.9. The average molecular weight is 498 g/mol. The summed E-state index contributed by atoms with van der Waals surface area (Å²) in [6, 6.07) is -1.67. The number of nitrogens with one attached hydrogen (secondary N) is 2. The Bertz CT molecular complexity index is 1050. The van der Waals surface area contributed by atoms with E-state index >= 15 is 0 Å². The van der Waals surface area contributed by atoms with E-state index in [4.69, 9.17) is 0 Å². The molecule has 4 unspecified atom stereocenters. The zero-order valence-corrected chi connectivity index (χ0v) is 18.6. The number of nitrogens with zero attached hydrogens (tertiary/aromatic N) is 4. The van der Waals surface area contributed by atoms with E-state index in [1.165, 1.54) is 6.34 Å². The molecule has 2 saturated carbocycles. The third-order valence-electron chi connectivity index (χ3n) is 8.18. The van der Waals surface area contributed by atoms with Gasteiger partial charge in [0.25, 0.3) is 11.8 Å². The van der Waals surface area contributed by atoms with Crippen LogP contribution in [0.2, 0.25) is 0 Å². The number of likely N-dealkylation sites (tertiary alicyclic amines) is 1. The number of rotatable bonds is 4.